The molecule has 0 bridgehead atoms. The van der Waals surface area contributed by atoms with Crippen molar-refractivity contribution in [1.29, 1.82) is 0 Å². The van der Waals surface area contributed by atoms with Gasteiger partial charge in [-0.1, -0.05) is 0 Å². The van der Waals surface area contributed by atoms with Gasteiger partial charge in [-0.05, 0) is 39.5 Å². The Balaban J connectivity index is 2.25. The van der Waals surface area contributed by atoms with Gasteiger partial charge in [0.1, 0.15) is 0 Å². The molecule has 110 valence electrons. The number of amides is 2. The monoisotopic (exact) mass is 272 g/mol. The van der Waals surface area contributed by atoms with Gasteiger partial charge in [-0.25, -0.2) is 4.79 Å². The van der Waals surface area contributed by atoms with Crippen molar-refractivity contribution in [2.75, 3.05) is 13.1 Å². The van der Waals surface area contributed by atoms with E-state index in [1.807, 2.05) is 6.92 Å². The van der Waals surface area contributed by atoms with E-state index >= 15 is 0 Å². The van der Waals surface area contributed by atoms with Crippen LogP contribution in [0.5, 0.6) is 0 Å². The van der Waals surface area contributed by atoms with Crippen molar-refractivity contribution in [2.45, 2.75) is 57.6 Å². The molecule has 3 N–H and O–H groups in total. The van der Waals surface area contributed by atoms with Gasteiger partial charge in [0.2, 0.25) is 0 Å². The molecular weight excluding hydrogens is 248 g/mol. The van der Waals surface area contributed by atoms with Crippen LogP contribution in [0.2, 0.25) is 0 Å². The van der Waals surface area contributed by atoms with Crippen molar-refractivity contribution >= 4 is 12.0 Å². The first-order chi connectivity index (χ1) is 8.80. The van der Waals surface area contributed by atoms with E-state index in [4.69, 9.17) is 5.11 Å². The standard InChI is InChI=1S/C13H24N2O4/c1-10(4-3-5-11(16)17)14-12(18)15-8-6-13(2,19)7-9-15/h10,19H,3-9H2,1-2H3,(H,14,18)(H,16,17). The largest absolute Gasteiger partial charge is 0.481 e. The lowest BCUT2D eigenvalue weighted by atomic mass is 9.94. The Kier molecular flexibility index (Phi) is 5.60. The Bertz CT molecular complexity index is 321. The van der Waals surface area contributed by atoms with Crippen molar-refractivity contribution in [1.82, 2.24) is 10.2 Å². The number of aliphatic hydroxyl groups is 1. The maximum Gasteiger partial charge on any atom is 0.317 e. The molecular formula is C13H24N2O4. The second-order valence-electron chi connectivity index (χ2n) is 5.62. The van der Waals surface area contributed by atoms with E-state index in [1.165, 1.54) is 0 Å². The quantitative estimate of drug-likeness (QED) is 0.701. The molecule has 1 rings (SSSR count). The highest BCUT2D eigenvalue weighted by atomic mass is 16.4. The first kappa shape index (κ1) is 15.8. The maximum atomic E-state index is 11.9. The van der Waals surface area contributed by atoms with Crippen molar-refractivity contribution < 1.29 is 19.8 Å². The summed E-state index contributed by atoms with van der Waals surface area (Å²) in [7, 11) is 0. The van der Waals surface area contributed by atoms with Crippen LogP contribution in [0.4, 0.5) is 4.79 Å². The molecule has 1 aliphatic heterocycles. The van der Waals surface area contributed by atoms with Gasteiger partial charge >= 0.3 is 12.0 Å². The Morgan fingerprint density at radius 1 is 1.37 bits per heavy atom. The number of carboxylic acid groups (broad SMARTS) is 1. The molecule has 1 unspecified atom stereocenters. The van der Waals surface area contributed by atoms with Gasteiger partial charge in [-0.15, -0.1) is 0 Å². The highest BCUT2D eigenvalue weighted by molar-refractivity contribution is 5.74. The number of hydrogen-bond acceptors (Lipinski definition) is 3. The zero-order valence-electron chi connectivity index (χ0n) is 11.7. The van der Waals surface area contributed by atoms with E-state index in [0.29, 0.717) is 38.8 Å². The predicted molar refractivity (Wildman–Crippen MR) is 70.9 cm³/mol. The minimum Gasteiger partial charge on any atom is -0.481 e. The number of carbonyl (C=O) groups excluding carboxylic acids is 1. The fraction of sp³-hybridized carbons (Fsp3) is 0.846. The number of likely N-dealkylation sites (tertiary alicyclic amines) is 1. The summed E-state index contributed by atoms with van der Waals surface area (Å²) in [4.78, 5) is 24.0. The Labute approximate surface area is 113 Å². The molecule has 0 aliphatic carbocycles. The fourth-order valence-electron chi connectivity index (χ4n) is 2.13. The van der Waals surface area contributed by atoms with Gasteiger partial charge in [-0.3, -0.25) is 4.79 Å². The predicted octanol–water partition coefficient (Wildman–Crippen LogP) is 1.19. The van der Waals surface area contributed by atoms with Gasteiger partial charge in [0.15, 0.2) is 0 Å². The average molecular weight is 272 g/mol. The van der Waals surface area contributed by atoms with Gasteiger partial charge in [0.25, 0.3) is 0 Å². The van der Waals surface area contributed by atoms with Crippen molar-refractivity contribution in [2.24, 2.45) is 0 Å². The summed E-state index contributed by atoms with van der Waals surface area (Å²) < 4.78 is 0. The molecule has 0 aromatic heterocycles. The van der Waals surface area contributed by atoms with Gasteiger partial charge in [0, 0.05) is 25.6 Å². The fourth-order valence-corrected chi connectivity index (χ4v) is 2.13. The van der Waals surface area contributed by atoms with Gasteiger partial charge in [-0.2, -0.15) is 0 Å². The van der Waals surface area contributed by atoms with Gasteiger partial charge < -0.3 is 20.4 Å². The van der Waals surface area contributed by atoms with Crippen molar-refractivity contribution in [3.63, 3.8) is 0 Å². The lowest BCUT2D eigenvalue weighted by Crippen LogP contribution is -2.50. The normalized spacial score (nSPS) is 19.8. The molecule has 1 fully saturated rings. The number of carbonyl (C=O) groups is 2. The third-order valence-electron chi connectivity index (χ3n) is 3.53. The van der Waals surface area contributed by atoms with E-state index in [1.54, 1.807) is 11.8 Å². The summed E-state index contributed by atoms with van der Waals surface area (Å²) in [5.41, 5.74) is -0.663. The average Bonchev–Trinajstić information content (AvgIpc) is 2.27. The minimum absolute atomic E-state index is 0.0331. The van der Waals surface area contributed by atoms with Crippen molar-refractivity contribution in [3.05, 3.63) is 0 Å². The molecule has 0 saturated carbocycles. The molecule has 19 heavy (non-hydrogen) atoms. The van der Waals surface area contributed by atoms with Crippen LogP contribution in [0.25, 0.3) is 0 Å². The van der Waals surface area contributed by atoms with E-state index < -0.39 is 11.6 Å². The number of nitrogens with zero attached hydrogens (tertiary/aromatic N) is 1. The summed E-state index contributed by atoms with van der Waals surface area (Å²) in [6.07, 6.45) is 2.53. The summed E-state index contributed by atoms with van der Waals surface area (Å²) in [5.74, 6) is -0.809. The van der Waals surface area contributed by atoms with Crippen LogP contribution in [0.15, 0.2) is 0 Å². The first-order valence-corrected chi connectivity index (χ1v) is 6.80. The van der Waals surface area contributed by atoms with Gasteiger partial charge in [0.05, 0.1) is 5.60 Å². The Hall–Kier alpha value is -1.30. The molecule has 6 nitrogen and oxygen atoms in total. The lowest BCUT2D eigenvalue weighted by Gasteiger charge is -2.36. The molecule has 1 saturated heterocycles. The molecule has 6 heteroatoms. The molecule has 0 radical (unpaired) electrons. The molecule has 1 aliphatic rings. The maximum absolute atomic E-state index is 11.9. The third-order valence-corrected chi connectivity index (χ3v) is 3.53. The second-order valence-corrected chi connectivity index (χ2v) is 5.62. The number of urea groups is 1. The smallest absolute Gasteiger partial charge is 0.317 e. The second kappa shape index (κ2) is 6.75. The van der Waals surface area contributed by atoms with Crippen LogP contribution in [0.3, 0.4) is 0 Å². The van der Waals surface area contributed by atoms with Crippen molar-refractivity contribution in [3.8, 4) is 0 Å². The van der Waals surface area contributed by atoms with Crippen LogP contribution < -0.4 is 5.32 Å². The van der Waals surface area contributed by atoms with E-state index in [0.717, 1.165) is 0 Å². The summed E-state index contributed by atoms with van der Waals surface area (Å²) in [6, 6.07) is -0.160. The van der Waals surface area contributed by atoms with E-state index in [2.05, 4.69) is 5.32 Å². The minimum atomic E-state index is -0.809. The summed E-state index contributed by atoms with van der Waals surface area (Å²) in [5, 5.41) is 21.2. The highest BCUT2D eigenvalue weighted by Crippen LogP contribution is 2.21. The highest BCUT2D eigenvalue weighted by Gasteiger charge is 2.29. The number of carboxylic acids is 1. The Morgan fingerprint density at radius 3 is 2.47 bits per heavy atom. The topological polar surface area (TPSA) is 89.9 Å². The molecule has 0 spiro atoms. The van der Waals surface area contributed by atoms with E-state index in [-0.39, 0.29) is 18.5 Å². The molecule has 1 heterocycles. The summed E-state index contributed by atoms with van der Waals surface area (Å²) in [6.45, 7) is 4.78. The summed E-state index contributed by atoms with van der Waals surface area (Å²) >= 11 is 0. The molecule has 0 aromatic rings. The van der Waals surface area contributed by atoms with E-state index in [9.17, 15) is 14.7 Å². The zero-order valence-corrected chi connectivity index (χ0v) is 11.7. The molecule has 2 amide bonds. The van der Waals surface area contributed by atoms with Crippen LogP contribution in [0, 0.1) is 0 Å². The number of hydrogen-bond donors (Lipinski definition) is 3. The number of rotatable bonds is 5. The number of piperidine rings is 1. The molecule has 1 atom stereocenters. The SMILES string of the molecule is CC(CCCC(=O)O)NC(=O)N1CCC(C)(O)CC1. The third kappa shape index (κ3) is 5.92. The number of nitrogens with one attached hydrogen (secondary N) is 1. The first-order valence-electron chi connectivity index (χ1n) is 6.80. The molecule has 0 aromatic carbocycles. The number of aliphatic carboxylic acids is 1. The lowest BCUT2D eigenvalue weighted by molar-refractivity contribution is -0.137. The Morgan fingerprint density at radius 2 is 1.95 bits per heavy atom. The van der Waals surface area contributed by atoms with Crippen LogP contribution in [-0.2, 0) is 4.79 Å². The van der Waals surface area contributed by atoms with Crippen LogP contribution >= 0.6 is 0 Å². The van der Waals surface area contributed by atoms with Crippen LogP contribution in [0.1, 0.15) is 46.0 Å². The zero-order chi connectivity index (χ0) is 14.5. The van der Waals surface area contributed by atoms with Crippen LogP contribution in [-0.4, -0.2) is 51.8 Å².